The summed E-state index contributed by atoms with van der Waals surface area (Å²) in [6, 6.07) is 0. The lowest BCUT2D eigenvalue weighted by Crippen LogP contribution is -1.69. The zero-order valence-electron chi connectivity index (χ0n) is 4.99. The molecule has 1 aliphatic rings. The van der Waals surface area contributed by atoms with Gasteiger partial charge in [0.1, 0.15) is 0 Å². The van der Waals surface area contributed by atoms with E-state index in [-0.39, 0.29) is 0 Å². The number of hydrogen-bond acceptors (Lipinski definition) is 0. The van der Waals surface area contributed by atoms with Crippen LogP contribution in [0.2, 0.25) is 0 Å². The van der Waals surface area contributed by atoms with Gasteiger partial charge in [0.05, 0.1) is 0 Å². The van der Waals surface area contributed by atoms with Crippen LogP contribution in [0.1, 0.15) is 32.1 Å². The number of allylic oxidation sites excluding steroid dienone is 2. The number of rotatable bonds is 0. The van der Waals surface area contributed by atoms with Gasteiger partial charge >= 0.3 is 0 Å². The Morgan fingerprint density at radius 3 is 3.00 bits per heavy atom. The minimum atomic E-state index is 1.07. The first-order chi connectivity index (χ1) is 3.89. The molecule has 0 radical (unpaired) electrons. The predicted octanol–water partition coefficient (Wildman–Crippen LogP) is 3.07. The van der Waals surface area contributed by atoms with Gasteiger partial charge in [-0.1, -0.05) is 24.1 Å². The van der Waals surface area contributed by atoms with Crippen LogP contribution in [-0.2, 0) is 0 Å². The van der Waals surface area contributed by atoms with Gasteiger partial charge < -0.3 is 0 Å². The van der Waals surface area contributed by atoms with Crippen molar-refractivity contribution in [1.29, 1.82) is 0 Å². The molecule has 0 aromatic rings. The highest BCUT2D eigenvalue weighted by Gasteiger charge is 1.97. The summed E-state index contributed by atoms with van der Waals surface area (Å²) in [4.78, 5) is 0. The van der Waals surface area contributed by atoms with Crippen molar-refractivity contribution in [2.45, 2.75) is 32.1 Å². The van der Waals surface area contributed by atoms with E-state index in [0.717, 1.165) is 11.5 Å². The van der Waals surface area contributed by atoms with Crippen LogP contribution in [-0.4, -0.2) is 0 Å². The van der Waals surface area contributed by atoms with Gasteiger partial charge in [-0.05, 0) is 25.7 Å². The fourth-order valence-corrected chi connectivity index (χ4v) is 1.22. The fraction of sp³-hybridized carbons (Fsp3) is 0.714. The fourth-order valence-electron chi connectivity index (χ4n) is 0.976. The first kappa shape index (κ1) is 6.15. The van der Waals surface area contributed by atoms with Gasteiger partial charge in [0, 0.05) is 5.03 Å². The summed E-state index contributed by atoms with van der Waals surface area (Å²) in [5.41, 5.74) is 0. The number of halogens is 1. The Kier molecular flexibility index (Phi) is 2.41. The smallest absolute Gasteiger partial charge is 0.0141 e. The molecule has 1 heteroatoms. The molecule has 0 heterocycles. The van der Waals surface area contributed by atoms with Crippen molar-refractivity contribution in [3.63, 3.8) is 0 Å². The third-order valence-corrected chi connectivity index (χ3v) is 1.83. The van der Waals surface area contributed by atoms with Gasteiger partial charge in [0.15, 0.2) is 0 Å². The summed E-state index contributed by atoms with van der Waals surface area (Å²) < 4.78 is 0. The third kappa shape index (κ3) is 1.87. The quantitative estimate of drug-likeness (QED) is 0.473. The van der Waals surface area contributed by atoms with Gasteiger partial charge in [-0.15, -0.1) is 0 Å². The Morgan fingerprint density at radius 2 is 2.12 bits per heavy atom. The van der Waals surface area contributed by atoms with E-state index in [1.807, 2.05) is 0 Å². The molecule has 0 saturated carbocycles. The average molecular weight is 131 g/mol. The molecule has 0 unspecified atom stereocenters. The van der Waals surface area contributed by atoms with Gasteiger partial charge in [0.2, 0.25) is 0 Å². The van der Waals surface area contributed by atoms with Gasteiger partial charge in [-0.2, -0.15) is 0 Å². The normalized spacial score (nSPS) is 21.9. The SMILES string of the molecule is ClC1=CCCCCC1. The maximum absolute atomic E-state index is 5.78. The Balaban J connectivity index is 2.36. The van der Waals surface area contributed by atoms with Crippen molar-refractivity contribution < 1.29 is 0 Å². The van der Waals surface area contributed by atoms with Crippen LogP contribution < -0.4 is 0 Å². The Bertz CT molecular complexity index is 94.6. The van der Waals surface area contributed by atoms with Crippen molar-refractivity contribution >= 4 is 11.6 Å². The monoisotopic (exact) mass is 130 g/mol. The summed E-state index contributed by atoms with van der Waals surface area (Å²) >= 11 is 5.78. The highest BCUT2D eigenvalue weighted by atomic mass is 35.5. The molecule has 1 rings (SSSR count). The molecule has 1 aliphatic carbocycles. The molecule has 0 N–H and O–H groups in total. The molecule has 46 valence electrons. The molecule has 8 heavy (non-hydrogen) atoms. The largest absolute Gasteiger partial charge is 0.0895 e. The molecule has 0 aliphatic heterocycles. The Morgan fingerprint density at radius 1 is 1.25 bits per heavy atom. The molecule has 0 bridgehead atoms. The molecule has 0 spiro atoms. The van der Waals surface area contributed by atoms with Crippen molar-refractivity contribution in [1.82, 2.24) is 0 Å². The van der Waals surface area contributed by atoms with E-state index in [9.17, 15) is 0 Å². The molecule has 0 aromatic carbocycles. The average Bonchev–Trinajstić information content (AvgIpc) is 1.94. The molecule has 0 fully saturated rings. The summed E-state index contributed by atoms with van der Waals surface area (Å²) in [5, 5.41) is 1.07. The van der Waals surface area contributed by atoms with E-state index in [2.05, 4.69) is 6.08 Å². The summed E-state index contributed by atoms with van der Waals surface area (Å²) in [6.07, 6.45) is 8.42. The zero-order valence-corrected chi connectivity index (χ0v) is 5.75. The second-order valence-corrected chi connectivity index (χ2v) is 2.74. The first-order valence-electron chi connectivity index (χ1n) is 3.24. The highest BCUT2D eigenvalue weighted by molar-refractivity contribution is 6.29. The minimum absolute atomic E-state index is 1.07. The van der Waals surface area contributed by atoms with Crippen molar-refractivity contribution in [2.24, 2.45) is 0 Å². The van der Waals surface area contributed by atoms with Crippen LogP contribution in [0.25, 0.3) is 0 Å². The van der Waals surface area contributed by atoms with Crippen LogP contribution >= 0.6 is 11.6 Å². The molecule has 0 saturated heterocycles. The molecular formula is C7H11Cl. The van der Waals surface area contributed by atoms with E-state index >= 15 is 0 Å². The number of hydrogen-bond donors (Lipinski definition) is 0. The maximum Gasteiger partial charge on any atom is 0.0141 e. The second-order valence-electron chi connectivity index (χ2n) is 2.25. The molecule has 0 amide bonds. The van der Waals surface area contributed by atoms with Crippen LogP contribution in [0.15, 0.2) is 11.1 Å². The van der Waals surface area contributed by atoms with E-state index < -0.39 is 0 Å². The molecular weight excluding hydrogens is 120 g/mol. The van der Waals surface area contributed by atoms with Crippen molar-refractivity contribution in [2.75, 3.05) is 0 Å². The maximum atomic E-state index is 5.78. The lowest BCUT2D eigenvalue weighted by molar-refractivity contribution is 0.716. The molecule has 0 aromatic heterocycles. The van der Waals surface area contributed by atoms with Crippen LogP contribution in [0.3, 0.4) is 0 Å². The van der Waals surface area contributed by atoms with Gasteiger partial charge in [0.25, 0.3) is 0 Å². The zero-order chi connectivity index (χ0) is 5.82. The van der Waals surface area contributed by atoms with E-state index in [0.29, 0.717) is 0 Å². The Hall–Kier alpha value is 0.0300. The Labute approximate surface area is 55.5 Å². The first-order valence-corrected chi connectivity index (χ1v) is 3.62. The van der Waals surface area contributed by atoms with E-state index in [4.69, 9.17) is 11.6 Å². The lowest BCUT2D eigenvalue weighted by atomic mass is 10.2. The molecule has 0 nitrogen and oxygen atoms in total. The lowest BCUT2D eigenvalue weighted by Gasteiger charge is -1.89. The van der Waals surface area contributed by atoms with Crippen LogP contribution in [0.4, 0.5) is 0 Å². The highest BCUT2D eigenvalue weighted by Crippen LogP contribution is 2.19. The molecule has 0 atom stereocenters. The van der Waals surface area contributed by atoms with Gasteiger partial charge in [-0.3, -0.25) is 0 Å². The van der Waals surface area contributed by atoms with Crippen molar-refractivity contribution in [3.8, 4) is 0 Å². The van der Waals surface area contributed by atoms with Crippen LogP contribution in [0.5, 0.6) is 0 Å². The second kappa shape index (κ2) is 3.13. The van der Waals surface area contributed by atoms with E-state index in [1.54, 1.807) is 0 Å². The topological polar surface area (TPSA) is 0 Å². The van der Waals surface area contributed by atoms with Crippen molar-refractivity contribution in [3.05, 3.63) is 11.1 Å². The minimum Gasteiger partial charge on any atom is -0.0895 e. The van der Waals surface area contributed by atoms with Crippen LogP contribution in [0, 0.1) is 0 Å². The predicted molar refractivity (Wildman–Crippen MR) is 37.0 cm³/mol. The van der Waals surface area contributed by atoms with E-state index in [1.165, 1.54) is 25.7 Å². The summed E-state index contributed by atoms with van der Waals surface area (Å²) in [6.45, 7) is 0. The van der Waals surface area contributed by atoms with Gasteiger partial charge in [-0.25, -0.2) is 0 Å². The standard InChI is InChI=1S/C7H11Cl/c8-7-5-3-1-2-4-6-7/h5H,1-4,6H2. The third-order valence-electron chi connectivity index (χ3n) is 1.49. The summed E-state index contributed by atoms with van der Waals surface area (Å²) in [7, 11) is 0. The summed E-state index contributed by atoms with van der Waals surface area (Å²) in [5.74, 6) is 0.